The first kappa shape index (κ1) is 47.4. The molecule has 0 saturated carbocycles. The molecule has 4 aliphatic heterocycles. The van der Waals surface area contributed by atoms with Gasteiger partial charge in [-0.15, -0.1) is 0 Å². The van der Waals surface area contributed by atoms with E-state index >= 15 is 0 Å². The van der Waals surface area contributed by atoms with Crippen LogP contribution in [0.1, 0.15) is 101 Å². The largest absolute Gasteiger partial charge is 0.311 e. The molecule has 2 nitrogen and oxygen atoms in total. The zero-order chi connectivity index (χ0) is 54.0. The number of nitrogens with zero attached hydrogens (tertiary/aromatic N) is 2. The molecule has 0 saturated heterocycles. The van der Waals surface area contributed by atoms with Crippen LogP contribution in [0.3, 0.4) is 0 Å². The average Bonchev–Trinajstić information content (AvgIpc) is 1.50. The highest BCUT2D eigenvalue weighted by atomic mass is 15.2. The van der Waals surface area contributed by atoms with Crippen molar-refractivity contribution in [3.8, 4) is 44.5 Å². The number of benzene rings is 12. The van der Waals surface area contributed by atoms with Crippen molar-refractivity contribution in [3.05, 3.63) is 229 Å². The van der Waals surface area contributed by atoms with E-state index in [4.69, 9.17) is 0 Å². The molecular formula is C76H62B2N2. The van der Waals surface area contributed by atoms with Crippen LogP contribution in [0.2, 0.25) is 0 Å². The van der Waals surface area contributed by atoms with E-state index in [1.165, 1.54) is 166 Å². The maximum Gasteiger partial charge on any atom is 0.248 e. The number of para-hydroxylation sites is 2. The van der Waals surface area contributed by atoms with Crippen molar-refractivity contribution < 1.29 is 0 Å². The molecule has 12 aromatic carbocycles. The van der Waals surface area contributed by atoms with Crippen LogP contribution in [-0.2, 0) is 0 Å². The lowest BCUT2D eigenvalue weighted by Gasteiger charge is -2.43. The van der Waals surface area contributed by atoms with Gasteiger partial charge in [-0.1, -0.05) is 212 Å². The minimum atomic E-state index is -0.00373. The van der Waals surface area contributed by atoms with Crippen LogP contribution in [0.4, 0.5) is 34.1 Å². The molecule has 4 heteroatoms. The second-order valence-electron chi connectivity index (χ2n) is 24.7. The van der Waals surface area contributed by atoms with Gasteiger partial charge in [0.25, 0.3) is 0 Å². The van der Waals surface area contributed by atoms with Crippen LogP contribution in [-0.4, -0.2) is 13.4 Å². The Balaban J connectivity index is 1.12. The van der Waals surface area contributed by atoms with E-state index < -0.39 is 0 Å². The lowest BCUT2D eigenvalue weighted by atomic mass is 9.31. The Morgan fingerprint density at radius 1 is 0.275 bits per heavy atom. The number of anilines is 6. The second-order valence-corrected chi connectivity index (χ2v) is 24.7. The quantitative estimate of drug-likeness (QED) is 0.111. The normalized spacial score (nSPS) is 13.6. The maximum atomic E-state index is 2.69. The fraction of sp³-hybridized carbons (Fsp3) is 0.158. The van der Waals surface area contributed by atoms with Crippen molar-refractivity contribution in [1.82, 2.24) is 0 Å². The molecule has 16 rings (SSSR count). The maximum absolute atomic E-state index is 2.69. The standard InChI is InChI=1S/C76H62B2N2/c1-43(2)49-29-31-63-67(35-49)79(53-25-17-11-18-26-53)69-37-51(45(5)6)33-61-57-39-56(48-23-15-10-16-24-48)60-42-66-72-58(40-55(47-21-13-9-14-22-47)59-41-65(77(63)75(61)69)71(57)73(60)74(59)72)62-34-52(46(7)8)38-70-76(62)78(66)64-32-30-50(44(3)4)36-68(64)80(70)54-27-19-12-20-28-54/h9-46H,1-8H3. The monoisotopic (exact) mass is 1020 g/mol. The van der Waals surface area contributed by atoms with Gasteiger partial charge >= 0.3 is 0 Å². The van der Waals surface area contributed by atoms with Crippen LogP contribution in [0.15, 0.2) is 206 Å². The molecule has 4 heterocycles. The Morgan fingerprint density at radius 2 is 0.625 bits per heavy atom. The van der Waals surface area contributed by atoms with Crippen LogP contribution in [0, 0.1) is 0 Å². The van der Waals surface area contributed by atoms with Crippen LogP contribution < -0.4 is 42.6 Å². The summed E-state index contributed by atoms with van der Waals surface area (Å²) in [6.07, 6.45) is 0. The average molecular weight is 1020 g/mol. The Labute approximate surface area is 471 Å². The van der Waals surface area contributed by atoms with Crippen LogP contribution >= 0.6 is 0 Å². The summed E-state index contributed by atoms with van der Waals surface area (Å²) in [4.78, 5) is 5.20. The highest BCUT2D eigenvalue weighted by Gasteiger charge is 2.46. The highest BCUT2D eigenvalue weighted by molar-refractivity contribution is 7.02. The van der Waals surface area contributed by atoms with Crippen LogP contribution in [0.5, 0.6) is 0 Å². The Hall–Kier alpha value is -8.59. The van der Waals surface area contributed by atoms with E-state index in [9.17, 15) is 0 Å². The predicted molar refractivity (Wildman–Crippen MR) is 347 cm³/mol. The van der Waals surface area contributed by atoms with E-state index in [2.05, 4.69) is 271 Å². The molecule has 12 aromatic rings. The van der Waals surface area contributed by atoms with Gasteiger partial charge in [0, 0.05) is 34.1 Å². The van der Waals surface area contributed by atoms with Gasteiger partial charge in [0.1, 0.15) is 0 Å². The molecule has 0 amide bonds. The number of fused-ring (bicyclic) bond motifs is 8. The van der Waals surface area contributed by atoms with Crippen molar-refractivity contribution in [2.24, 2.45) is 0 Å². The topological polar surface area (TPSA) is 6.48 Å². The van der Waals surface area contributed by atoms with Crippen molar-refractivity contribution in [1.29, 1.82) is 0 Å². The lowest BCUT2D eigenvalue weighted by molar-refractivity contribution is 0.865. The molecule has 0 spiro atoms. The van der Waals surface area contributed by atoms with Gasteiger partial charge in [0.05, 0.1) is 0 Å². The Bertz CT molecular complexity index is 4250. The third-order valence-electron chi connectivity index (χ3n) is 18.9. The molecule has 0 radical (unpaired) electrons. The summed E-state index contributed by atoms with van der Waals surface area (Å²) in [5.41, 5.74) is 31.7. The molecule has 382 valence electrons. The van der Waals surface area contributed by atoms with Crippen molar-refractivity contribution in [3.63, 3.8) is 0 Å². The third-order valence-corrected chi connectivity index (χ3v) is 18.9. The van der Waals surface area contributed by atoms with Crippen molar-refractivity contribution in [2.45, 2.75) is 79.1 Å². The summed E-state index contributed by atoms with van der Waals surface area (Å²) in [5, 5.41) is 8.23. The number of hydrogen-bond donors (Lipinski definition) is 0. The van der Waals surface area contributed by atoms with E-state index in [1.54, 1.807) is 0 Å². The molecule has 0 atom stereocenters. The molecule has 0 aromatic heterocycles. The summed E-state index contributed by atoms with van der Waals surface area (Å²) in [5.74, 6) is 1.38. The zero-order valence-corrected chi connectivity index (χ0v) is 47.0. The second kappa shape index (κ2) is 17.5. The minimum absolute atomic E-state index is 0.00373. The van der Waals surface area contributed by atoms with Gasteiger partial charge in [0.15, 0.2) is 0 Å². The smallest absolute Gasteiger partial charge is 0.248 e. The van der Waals surface area contributed by atoms with Crippen molar-refractivity contribution >= 4 is 113 Å². The third kappa shape index (κ3) is 6.63. The first-order chi connectivity index (χ1) is 39.0. The molecular weight excluding hydrogens is 962 g/mol. The fourth-order valence-electron chi connectivity index (χ4n) is 14.9. The summed E-state index contributed by atoms with van der Waals surface area (Å²) in [6, 6.07) is 80.7. The van der Waals surface area contributed by atoms with Gasteiger partial charge < -0.3 is 9.80 Å². The number of hydrogen-bond acceptors (Lipinski definition) is 2. The molecule has 0 N–H and O–H groups in total. The highest BCUT2D eigenvalue weighted by Crippen LogP contribution is 2.53. The van der Waals surface area contributed by atoms with Gasteiger partial charge in [-0.25, -0.2) is 0 Å². The summed E-state index contributed by atoms with van der Waals surface area (Å²) >= 11 is 0. The van der Waals surface area contributed by atoms with Gasteiger partial charge in [-0.05, 0) is 205 Å². The molecule has 80 heavy (non-hydrogen) atoms. The lowest BCUT2D eigenvalue weighted by Crippen LogP contribution is -2.60. The van der Waals surface area contributed by atoms with E-state index in [1.807, 2.05) is 0 Å². The molecule has 0 aliphatic carbocycles. The molecule has 0 unspecified atom stereocenters. The number of rotatable bonds is 8. The van der Waals surface area contributed by atoms with E-state index in [-0.39, 0.29) is 13.4 Å². The van der Waals surface area contributed by atoms with Gasteiger partial charge in [-0.3, -0.25) is 0 Å². The first-order valence-corrected chi connectivity index (χ1v) is 29.3. The van der Waals surface area contributed by atoms with E-state index in [0.717, 1.165) is 0 Å². The molecule has 0 fully saturated rings. The van der Waals surface area contributed by atoms with E-state index in [0.29, 0.717) is 23.7 Å². The summed E-state index contributed by atoms with van der Waals surface area (Å²) in [7, 11) is 0. The molecule has 0 bridgehead atoms. The first-order valence-electron chi connectivity index (χ1n) is 29.3. The summed E-state index contributed by atoms with van der Waals surface area (Å²) in [6.45, 7) is 18.8. The van der Waals surface area contributed by atoms with Crippen molar-refractivity contribution in [2.75, 3.05) is 9.80 Å². The van der Waals surface area contributed by atoms with Gasteiger partial charge in [0.2, 0.25) is 13.4 Å². The Morgan fingerprint density at radius 3 is 0.988 bits per heavy atom. The summed E-state index contributed by atoms with van der Waals surface area (Å²) < 4.78 is 0. The molecule has 4 aliphatic rings. The minimum Gasteiger partial charge on any atom is -0.311 e. The Kier molecular flexibility index (Phi) is 10.3. The van der Waals surface area contributed by atoms with Crippen LogP contribution in [0.25, 0.3) is 76.8 Å². The fourth-order valence-corrected chi connectivity index (χ4v) is 14.9. The predicted octanol–water partition coefficient (Wildman–Crippen LogP) is 17.0. The van der Waals surface area contributed by atoms with Gasteiger partial charge in [-0.2, -0.15) is 0 Å². The SMILES string of the molecule is CC(C)c1ccc2c(c1)N(c1ccccc1)c1cc(C(C)C)cc3c1B2c1cc2c(-c4ccccc4)cc4c5c(cc6c(-c7ccccc7)cc-3c1c6c25)B1c2ccc(C(C)C)cc2N(c2ccccc2)c2cc(C(C)C)cc-4c21. The zero-order valence-electron chi connectivity index (χ0n) is 47.0.